The Morgan fingerprint density at radius 3 is 2.63 bits per heavy atom. The Morgan fingerprint density at radius 1 is 1.00 bits per heavy atom. The molecule has 0 radical (unpaired) electrons. The quantitative estimate of drug-likeness (QED) is 0.471. The highest BCUT2D eigenvalue weighted by molar-refractivity contribution is 6.30. The van der Waals surface area contributed by atoms with Gasteiger partial charge in [-0.2, -0.15) is 5.10 Å². The minimum absolute atomic E-state index is 0.650. The highest BCUT2D eigenvalue weighted by atomic mass is 35.5. The van der Waals surface area contributed by atoms with Gasteiger partial charge < -0.3 is 0 Å². The molecule has 3 aromatic heterocycles. The van der Waals surface area contributed by atoms with Crippen LogP contribution in [0.2, 0.25) is 5.02 Å². The van der Waals surface area contributed by atoms with Gasteiger partial charge in [0.05, 0.1) is 17.3 Å². The molecule has 0 aliphatic carbocycles. The van der Waals surface area contributed by atoms with Crippen LogP contribution in [0.15, 0.2) is 61.1 Å². The molecule has 0 aliphatic rings. The summed E-state index contributed by atoms with van der Waals surface area (Å²) in [5.41, 5.74) is 4.58. The second-order valence-electron chi connectivity index (χ2n) is 6.29. The molecule has 5 rings (SSSR count). The first-order chi connectivity index (χ1) is 13.2. The van der Waals surface area contributed by atoms with E-state index in [-0.39, 0.29) is 0 Å². The normalized spacial score (nSPS) is 11.5. The number of hydrogen-bond acceptors (Lipinski definition) is 4. The fraction of sp³-hybridized carbons (Fsp3) is 0.100. The number of fused-ring (bicyclic) bond motifs is 3. The molecule has 132 valence electrons. The van der Waals surface area contributed by atoms with E-state index >= 15 is 0 Å². The van der Waals surface area contributed by atoms with E-state index in [1.54, 1.807) is 17.2 Å². The molecule has 0 saturated carbocycles. The number of aromatic nitrogens is 6. The maximum atomic E-state index is 6.11. The molecule has 0 atom stereocenters. The summed E-state index contributed by atoms with van der Waals surface area (Å²) in [5.74, 6) is 0.762. The van der Waals surface area contributed by atoms with Crippen molar-refractivity contribution in [3.8, 4) is 17.1 Å². The van der Waals surface area contributed by atoms with Crippen LogP contribution in [0, 0.1) is 0 Å². The first-order valence-electron chi connectivity index (χ1n) is 8.67. The lowest BCUT2D eigenvalue weighted by atomic mass is 10.1. The van der Waals surface area contributed by atoms with E-state index in [0.29, 0.717) is 10.7 Å². The summed E-state index contributed by atoms with van der Waals surface area (Å²) in [6.45, 7) is 2.14. The lowest BCUT2D eigenvalue weighted by molar-refractivity contribution is 0.893. The Labute approximate surface area is 160 Å². The van der Waals surface area contributed by atoms with Crippen molar-refractivity contribution in [1.29, 1.82) is 0 Å². The van der Waals surface area contributed by atoms with Crippen LogP contribution in [0.5, 0.6) is 0 Å². The number of halogens is 1. The molecule has 6 nitrogen and oxygen atoms in total. The van der Waals surface area contributed by atoms with Crippen LogP contribution >= 0.6 is 11.6 Å². The summed E-state index contributed by atoms with van der Waals surface area (Å²) in [4.78, 5) is 4.61. The van der Waals surface area contributed by atoms with Crippen LogP contribution in [0.1, 0.15) is 12.5 Å². The minimum atomic E-state index is 0.650. The predicted molar refractivity (Wildman–Crippen MR) is 105 cm³/mol. The molecular weight excluding hydrogens is 360 g/mol. The van der Waals surface area contributed by atoms with Gasteiger partial charge in [0, 0.05) is 10.6 Å². The number of nitrogens with zero attached hydrogens (tertiary/aromatic N) is 6. The summed E-state index contributed by atoms with van der Waals surface area (Å²) < 4.78 is 3.65. The van der Waals surface area contributed by atoms with Crippen LogP contribution in [-0.4, -0.2) is 29.4 Å². The lowest BCUT2D eigenvalue weighted by Gasteiger charge is -2.04. The lowest BCUT2D eigenvalue weighted by Crippen LogP contribution is -1.99. The topological polar surface area (TPSA) is 60.9 Å². The second-order valence-corrected chi connectivity index (χ2v) is 6.72. The van der Waals surface area contributed by atoms with Crippen molar-refractivity contribution in [2.24, 2.45) is 0 Å². The van der Waals surface area contributed by atoms with Crippen molar-refractivity contribution in [2.75, 3.05) is 0 Å². The van der Waals surface area contributed by atoms with Gasteiger partial charge in [0.25, 0.3) is 0 Å². The molecule has 27 heavy (non-hydrogen) atoms. The summed E-state index contributed by atoms with van der Waals surface area (Å²) in [7, 11) is 0. The Morgan fingerprint density at radius 2 is 1.85 bits per heavy atom. The third-order valence-electron chi connectivity index (χ3n) is 4.65. The average Bonchev–Trinajstić information content (AvgIpc) is 3.32. The molecular formula is C20H15ClN6. The van der Waals surface area contributed by atoms with E-state index < -0.39 is 0 Å². The van der Waals surface area contributed by atoms with Crippen LogP contribution in [0.3, 0.4) is 0 Å². The fourth-order valence-electron chi connectivity index (χ4n) is 3.20. The highest BCUT2D eigenvalue weighted by Gasteiger charge is 2.15. The Kier molecular flexibility index (Phi) is 3.65. The first kappa shape index (κ1) is 16.0. The molecule has 0 spiro atoms. The fourth-order valence-corrected chi connectivity index (χ4v) is 3.39. The van der Waals surface area contributed by atoms with Crippen molar-refractivity contribution in [3.05, 3.63) is 71.6 Å². The van der Waals surface area contributed by atoms with Gasteiger partial charge in [-0.05, 0) is 30.2 Å². The average molecular weight is 375 g/mol. The van der Waals surface area contributed by atoms with Gasteiger partial charge in [-0.25, -0.2) is 9.67 Å². The van der Waals surface area contributed by atoms with Gasteiger partial charge >= 0.3 is 0 Å². The first-order valence-corrected chi connectivity index (χ1v) is 9.05. The monoisotopic (exact) mass is 374 g/mol. The van der Waals surface area contributed by atoms with Gasteiger partial charge in [-0.1, -0.05) is 48.9 Å². The van der Waals surface area contributed by atoms with Crippen LogP contribution in [-0.2, 0) is 6.42 Å². The molecule has 7 heteroatoms. The van der Waals surface area contributed by atoms with Crippen molar-refractivity contribution >= 4 is 28.3 Å². The van der Waals surface area contributed by atoms with E-state index in [0.717, 1.165) is 34.5 Å². The zero-order valence-corrected chi connectivity index (χ0v) is 15.3. The molecule has 2 aromatic carbocycles. The van der Waals surface area contributed by atoms with Crippen LogP contribution in [0.4, 0.5) is 0 Å². The van der Waals surface area contributed by atoms with Crippen molar-refractivity contribution in [1.82, 2.24) is 29.4 Å². The maximum absolute atomic E-state index is 6.11. The molecule has 0 amide bonds. The van der Waals surface area contributed by atoms with Gasteiger partial charge in [0.2, 0.25) is 0 Å². The number of rotatable bonds is 3. The van der Waals surface area contributed by atoms with Crippen molar-refractivity contribution in [3.63, 3.8) is 0 Å². The van der Waals surface area contributed by atoms with E-state index in [4.69, 9.17) is 11.6 Å². The molecule has 0 saturated heterocycles. The second kappa shape index (κ2) is 6.17. The van der Waals surface area contributed by atoms with Crippen molar-refractivity contribution in [2.45, 2.75) is 13.3 Å². The SMILES string of the molecule is CCc1ccc(-c2nnc3c4cnn(-c5cccc(Cl)c5)c4ncn23)cc1. The van der Waals surface area contributed by atoms with Crippen molar-refractivity contribution < 1.29 is 0 Å². The Bertz CT molecular complexity index is 1270. The molecule has 0 fully saturated rings. The Hall–Kier alpha value is -3.25. The summed E-state index contributed by atoms with van der Waals surface area (Å²) in [5, 5.41) is 14.7. The van der Waals surface area contributed by atoms with E-state index in [9.17, 15) is 0 Å². The molecule has 0 bridgehead atoms. The Balaban J connectivity index is 1.67. The molecule has 0 aliphatic heterocycles. The van der Waals surface area contributed by atoms with Gasteiger partial charge in [0.1, 0.15) is 6.33 Å². The third kappa shape index (κ3) is 2.57. The van der Waals surface area contributed by atoms with Gasteiger partial charge in [-0.3, -0.25) is 4.40 Å². The number of benzene rings is 2. The van der Waals surface area contributed by atoms with Gasteiger partial charge in [0.15, 0.2) is 17.1 Å². The molecule has 0 N–H and O–H groups in total. The minimum Gasteiger partial charge on any atom is -0.265 e. The number of aryl methyl sites for hydroxylation is 1. The maximum Gasteiger partial charge on any atom is 0.175 e. The smallest absolute Gasteiger partial charge is 0.175 e. The van der Waals surface area contributed by atoms with Crippen LogP contribution < -0.4 is 0 Å². The molecule has 3 heterocycles. The summed E-state index contributed by atoms with van der Waals surface area (Å²) >= 11 is 6.11. The third-order valence-corrected chi connectivity index (χ3v) is 4.88. The van der Waals surface area contributed by atoms with Gasteiger partial charge in [-0.15, -0.1) is 10.2 Å². The predicted octanol–water partition coefficient (Wildman–Crippen LogP) is 4.35. The number of hydrogen-bond donors (Lipinski definition) is 0. The standard InChI is InChI=1S/C20H15ClN6/c1-2-13-6-8-14(9-7-13)18-24-25-20-17-11-23-27(19(17)22-12-26(18)20)16-5-3-4-15(21)10-16/h3-12H,2H2,1H3. The van der Waals surface area contributed by atoms with Crippen LogP contribution in [0.25, 0.3) is 33.8 Å². The zero-order chi connectivity index (χ0) is 18.4. The molecule has 0 unspecified atom stereocenters. The van der Waals surface area contributed by atoms with E-state index in [1.807, 2.05) is 28.7 Å². The molecule has 5 aromatic rings. The van der Waals surface area contributed by atoms with E-state index in [2.05, 4.69) is 51.5 Å². The largest absolute Gasteiger partial charge is 0.265 e. The summed E-state index contributed by atoms with van der Waals surface area (Å²) in [6.07, 6.45) is 4.51. The highest BCUT2D eigenvalue weighted by Crippen LogP contribution is 2.25. The van der Waals surface area contributed by atoms with E-state index in [1.165, 1.54) is 5.56 Å². The summed E-state index contributed by atoms with van der Waals surface area (Å²) in [6, 6.07) is 15.9. The zero-order valence-electron chi connectivity index (χ0n) is 14.5.